The Hall–Kier alpha value is -3.14. The topological polar surface area (TPSA) is 63.1 Å². The number of carbonyl (C=O) groups excluding carboxylic acids is 1. The molecule has 0 bridgehead atoms. The molecule has 0 aliphatic heterocycles. The van der Waals surface area contributed by atoms with Gasteiger partial charge in [0.1, 0.15) is 0 Å². The van der Waals surface area contributed by atoms with E-state index < -0.39 is 0 Å². The molecule has 0 atom stereocenters. The maximum atomic E-state index is 11.7. The fourth-order valence-electron chi connectivity index (χ4n) is 4.92. The number of benzene rings is 4. The fourth-order valence-corrected chi connectivity index (χ4v) is 4.92. The number of aromatic nitrogens is 2. The van der Waals surface area contributed by atoms with Crippen molar-refractivity contribution in [2.45, 2.75) is 53.4 Å². The number of hydrogen-bond donors (Lipinski definition) is 1. The van der Waals surface area contributed by atoms with Crippen LogP contribution in [0.3, 0.4) is 0 Å². The van der Waals surface area contributed by atoms with E-state index >= 15 is 0 Å². The molecule has 0 saturated carbocycles. The third-order valence-corrected chi connectivity index (χ3v) is 7.22. The first-order valence-corrected chi connectivity index (χ1v) is 13.3. The first kappa shape index (κ1) is 29.4. The summed E-state index contributed by atoms with van der Waals surface area (Å²) < 4.78 is 0. The van der Waals surface area contributed by atoms with E-state index in [4.69, 9.17) is 9.97 Å². The van der Waals surface area contributed by atoms with Crippen LogP contribution in [0.1, 0.15) is 53.4 Å². The van der Waals surface area contributed by atoms with E-state index in [-0.39, 0.29) is 43.5 Å². The average Bonchev–Trinajstić information content (AvgIpc) is 2.94. The Balaban J connectivity index is 0.000000223. The number of hydrogen-bond acceptors (Lipinski definition) is 4. The van der Waals surface area contributed by atoms with E-state index in [2.05, 4.69) is 36.4 Å². The van der Waals surface area contributed by atoms with Crippen molar-refractivity contribution >= 4 is 49.4 Å². The van der Waals surface area contributed by atoms with Crippen LogP contribution in [0.25, 0.3) is 43.6 Å². The van der Waals surface area contributed by atoms with Crippen LogP contribution in [-0.2, 0) is 24.9 Å². The summed E-state index contributed by atoms with van der Waals surface area (Å²) >= 11 is 0. The second kappa shape index (κ2) is 13.6. The summed E-state index contributed by atoms with van der Waals surface area (Å²) in [6.45, 7) is 8.07. The van der Waals surface area contributed by atoms with Crippen LogP contribution in [0.5, 0.6) is 0 Å². The third-order valence-electron chi connectivity index (χ3n) is 7.22. The van der Waals surface area contributed by atoms with Crippen molar-refractivity contribution in [3.8, 4) is 0 Å². The number of para-hydroxylation sites is 2. The Kier molecular flexibility index (Phi) is 10.5. The van der Waals surface area contributed by atoms with Gasteiger partial charge in [0.05, 0.1) is 22.3 Å². The van der Waals surface area contributed by atoms with E-state index in [1.165, 1.54) is 16.8 Å². The minimum Gasteiger partial charge on any atom is -0.512 e. The van der Waals surface area contributed by atoms with Crippen LogP contribution in [0.15, 0.2) is 78.6 Å². The molecule has 5 rings (SSSR count). The second-order valence-electron chi connectivity index (χ2n) is 9.41. The minimum absolute atomic E-state index is 0. The molecule has 4 nitrogen and oxygen atoms in total. The van der Waals surface area contributed by atoms with Gasteiger partial charge in [-0.3, -0.25) is 14.8 Å². The van der Waals surface area contributed by atoms with Gasteiger partial charge >= 0.3 is 0 Å². The van der Waals surface area contributed by atoms with Crippen LogP contribution in [0, 0.1) is 17.9 Å². The molecule has 1 heterocycles. The van der Waals surface area contributed by atoms with Crippen LogP contribution in [-0.4, -0.2) is 20.9 Å². The van der Waals surface area contributed by atoms with Gasteiger partial charge in [-0.25, -0.2) is 0 Å². The molecule has 0 unspecified atom stereocenters. The quantitative estimate of drug-likeness (QED) is 0.0613. The molecular formula is C33H35IrN2O2-. The largest absolute Gasteiger partial charge is 0.512 e. The van der Waals surface area contributed by atoms with E-state index in [1.54, 1.807) is 0 Å². The smallest absolute Gasteiger partial charge is 0.162 e. The molecule has 5 heteroatoms. The van der Waals surface area contributed by atoms with Crippen molar-refractivity contribution in [2.75, 3.05) is 0 Å². The fraction of sp³-hybridized carbons (Fsp3) is 0.303. The predicted molar refractivity (Wildman–Crippen MR) is 155 cm³/mol. The maximum absolute atomic E-state index is 11.7. The normalized spacial score (nSPS) is 11.7. The monoisotopic (exact) mass is 684 g/mol. The van der Waals surface area contributed by atoms with Gasteiger partial charge in [0.15, 0.2) is 5.78 Å². The van der Waals surface area contributed by atoms with Crippen molar-refractivity contribution in [1.29, 1.82) is 0 Å². The molecule has 1 aromatic heterocycles. The molecule has 0 spiro atoms. The number of aliphatic hydroxyl groups excluding tert-OH is 1. The van der Waals surface area contributed by atoms with Gasteiger partial charge in [0.2, 0.25) is 0 Å². The van der Waals surface area contributed by atoms with Crippen molar-refractivity contribution in [1.82, 2.24) is 9.97 Å². The number of aliphatic hydroxyl groups is 1. The first-order valence-electron chi connectivity index (χ1n) is 13.3. The molecule has 0 amide bonds. The zero-order valence-electron chi connectivity index (χ0n) is 22.5. The zero-order valence-corrected chi connectivity index (χ0v) is 24.9. The number of carbonyl (C=O) groups is 1. The summed E-state index contributed by atoms with van der Waals surface area (Å²) in [5.74, 6) is 0.547. The summed E-state index contributed by atoms with van der Waals surface area (Å²) in [4.78, 5) is 21.5. The molecule has 199 valence electrons. The molecule has 1 radical (unpaired) electrons. The van der Waals surface area contributed by atoms with Crippen LogP contribution in [0.2, 0.25) is 0 Å². The molecule has 0 aliphatic rings. The Morgan fingerprint density at radius 2 is 1.29 bits per heavy atom. The second-order valence-corrected chi connectivity index (χ2v) is 9.41. The van der Waals surface area contributed by atoms with Gasteiger partial charge in [0.25, 0.3) is 0 Å². The number of ketones is 1. The van der Waals surface area contributed by atoms with Crippen molar-refractivity contribution in [3.63, 3.8) is 0 Å². The molecular weight excluding hydrogens is 649 g/mol. The number of fused-ring (bicyclic) bond motifs is 7. The molecule has 1 N–H and O–H groups in total. The summed E-state index contributed by atoms with van der Waals surface area (Å²) in [7, 11) is 0. The van der Waals surface area contributed by atoms with Gasteiger partial charge in [-0.15, -0.1) is 29.7 Å². The number of rotatable bonds is 7. The Morgan fingerprint density at radius 3 is 1.89 bits per heavy atom. The molecule has 0 fully saturated rings. The first-order chi connectivity index (χ1) is 18.0. The van der Waals surface area contributed by atoms with Crippen molar-refractivity contribution < 1.29 is 30.0 Å². The average molecular weight is 684 g/mol. The molecule has 0 saturated heterocycles. The number of allylic oxidation sites excluding steroid dienone is 2. The van der Waals surface area contributed by atoms with E-state index in [1.807, 2.05) is 64.1 Å². The van der Waals surface area contributed by atoms with Crippen molar-refractivity contribution in [3.05, 3.63) is 84.6 Å². The summed E-state index contributed by atoms with van der Waals surface area (Å²) in [5.41, 5.74) is 3.72. The molecule has 0 aliphatic carbocycles. The van der Waals surface area contributed by atoms with Gasteiger partial charge in [-0.2, -0.15) is 0 Å². The third kappa shape index (κ3) is 6.11. The summed E-state index contributed by atoms with van der Waals surface area (Å²) in [6.07, 6.45) is 4.91. The van der Waals surface area contributed by atoms with Crippen LogP contribution < -0.4 is 0 Å². The Morgan fingerprint density at radius 1 is 0.763 bits per heavy atom. The zero-order chi connectivity index (χ0) is 26.4. The van der Waals surface area contributed by atoms with Crippen molar-refractivity contribution in [2.24, 2.45) is 11.8 Å². The van der Waals surface area contributed by atoms with Gasteiger partial charge < -0.3 is 5.11 Å². The van der Waals surface area contributed by atoms with E-state index in [9.17, 15) is 9.90 Å². The number of nitrogens with zero attached hydrogens (tertiary/aromatic N) is 2. The minimum atomic E-state index is 0. The van der Waals surface area contributed by atoms with Crippen LogP contribution >= 0.6 is 0 Å². The van der Waals surface area contributed by atoms with E-state index in [0.717, 1.165) is 58.5 Å². The molecule has 5 aromatic rings. The predicted octanol–water partition coefficient (Wildman–Crippen LogP) is 8.76. The Bertz CT molecular complexity index is 1480. The standard InChI is InChI=1S/C20H11N2.C13H24O2.Ir/c1-3-9-15-13(7-1)14-8-2-4-10-16(14)20-19(15)21-17-11-5-6-12-18(17)22-20;1-5-10(6-2)12(14)9-13(15)11(7-3)8-4;/h1-9,11-12H;9-11,14H,5-8H2,1-4H3;/q-1;;/b;12-9-;. The van der Waals surface area contributed by atoms with Gasteiger partial charge in [-0.1, -0.05) is 74.9 Å². The van der Waals surface area contributed by atoms with Crippen LogP contribution in [0.4, 0.5) is 0 Å². The molecule has 4 aromatic carbocycles. The molecule has 38 heavy (non-hydrogen) atoms. The van der Waals surface area contributed by atoms with Gasteiger partial charge in [0, 0.05) is 43.5 Å². The van der Waals surface area contributed by atoms with E-state index in [0.29, 0.717) is 0 Å². The Labute approximate surface area is 238 Å². The SMILES string of the molecule is CCC(CC)C(=O)/C=C(\O)C(CC)CC.[Ir].[c-]1cccc2c1c1nc3ccccc3nc1c1ccccc21. The van der Waals surface area contributed by atoms with Gasteiger partial charge in [-0.05, 0) is 43.2 Å². The maximum Gasteiger partial charge on any atom is 0.162 e. The summed E-state index contributed by atoms with van der Waals surface area (Å²) in [6, 6.07) is 25.8. The summed E-state index contributed by atoms with van der Waals surface area (Å²) in [5, 5.41) is 14.3.